The maximum atomic E-state index is 12.7. The Morgan fingerprint density at radius 3 is 2.45 bits per heavy atom. The highest BCUT2D eigenvalue weighted by Gasteiger charge is 2.54. The molecule has 0 saturated carbocycles. The fourth-order valence-corrected chi connectivity index (χ4v) is 3.29. The fraction of sp³-hybridized carbons (Fsp3) is 0.571. The first-order valence-electron chi connectivity index (χ1n) is 9.84. The molecular weight excluding hydrogens is 408 g/mol. The Morgan fingerprint density at radius 2 is 1.84 bits per heavy atom. The van der Waals surface area contributed by atoms with Crippen LogP contribution in [0.4, 0.5) is 0 Å². The Labute approximate surface area is 179 Å². The zero-order valence-electron chi connectivity index (χ0n) is 17.8. The molecule has 0 N–H and O–H groups in total. The van der Waals surface area contributed by atoms with Gasteiger partial charge in [-0.25, -0.2) is 4.79 Å². The predicted octanol–water partition coefficient (Wildman–Crippen LogP) is 1.64. The van der Waals surface area contributed by atoms with Crippen molar-refractivity contribution < 1.29 is 42.8 Å². The number of methoxy groups -OCH3 is 1. The third-order valence-electron chi connectivity index (χ3n) is 4.86. The summed E-state index contributed by atoms with van der Waals surface area (Å²) in [4.78, 5) is 27.4. The molecule has 2 aliphatic heterocycles. The van der Waals surface area contributed by atoms with Crippen molar-refractivity contribution in [3.8, 4) is 0 Å². The minimum atomic E-state index is -1.17. The molecule has 2 aliphatic rings. The molecule has 0 bridgehead atoms. The molecule has 0 aromatic heterocycles. The normalized spacial score (nSPS) is 30.5. The van der Waals surface area contributed by atoms with Gasteiger partial charge < -0.3 is 34.0 Å². The van der Waals surface area contributed by atoms with E-state index < -0.39 is 54.3 Å². The van der Waals surface area contributed by atoms with E-state index in [1.54, 1.807) is 20.8 Å². The van der Waals surface area contributed by atoms with E-state index >= 15 is 0 Å². The molecule has 10 nitrogen and oxygen atoms in total. The van der Waals surface area contributed by atoms with Gasteiger partial charge in [0, 0.05) is 12.7 Å². The Kier molecular flexibility index (Phi) is 7.19. The molecule has 10 heteroatoms. The summed E-state index contributed by atoms with van der Waals surface area (Å²) in [7, 11) is 1.37. The van der Waals surface area contributed by atoms with Gasteiger partial charge in [-0.15, -0.1) is 0 Å². The number of ether oxygens (including phenoxy) is 6. The second kappa shape index (κ2) is 9.67. The Balaban J connectivity index is 1.92. The zero-order chi connectivity index (χ0) is 22.6. The van der Waals surface area contributed by atoms with Gasteiger partial charge >= 0.3 is 18.2 Å². The van der Waals surface area contributed by atoms with Crippen LogP contribution in [0.25, 0.3) is 5.53 Å². The van der Waals surface area contributed by atoms with Crippen LogP contribution < -0.4 is 0 Å². The molecular formula is C21H26N2O8. The SMILES string of the molecule is CO[C@H]1O[C@@H]2CO[C@@H](c3ccccc3)O[C@H]2[C@H](OC(=O)C(C)(C)C)[C@@H]1OC(=O)C=[N+]=[N-]. The average molecular weight is 434 g/mol. The number of esters is 2. The summed E-state index contributed by atoms with van der Waals surface area (Å²) in [5, 5.41) is 0. The van der Waals surface area contributed by atoms with Gasteiger partial charge in [-0.1, -0.05) is 30.3 Å². The third-order valence-corrected chi connectivity index (χ3v) is 4.86. The molecule has 1 aromatic carbocycles. The number of carbonyl (C=O) groups is 2. The van der Waals surface area contributed by atoms with E-state index in [-0.39, 0.29) is 6.61 Å². The number of carbonyl (C=O) groups excluding carboxylic acids is 2. The smallest absolute Gasteiger partial charge is 0.414 e. The van der Waals surface area contributed by atoms with Crippen molar-refractivity contribution in [3.63, 3.8) is 0 Å². The van der Waals surface area contributed by atoms with Crippen molar-refractivity contribution in [1.29, 1.82) is 0 Å². The van der Waals surface area contributed by atoms with Crippen molar-refractivity contribution in [2.45, 2.75) is 57.8 Å². The lowest BCUT2D eigenvalue weighted by atomic mass is 9.94. The molecule has 168 valence electrons. The first-order chi connectivity index (χ1) is 14.7. The maximum Gasteiger partial charge on any atom is 0.414 e. The molecule has 0 radical (unpaired) electrons. The topological polar surface area (TPSA) is 126 Å². The summed E-state index contributed by atoms with van der Waals surface area (Å²) < 4.78 is 34.2. The number of rotatable bonds is 5. The predicted molar refractivity (Wildman–Crippen MR) is 105 cm³/mol. The maximum absolute atomic E-state index is 12.7. The van der Waals surface area contributed by atoms with Gasteiger partial charge in [0.05, 0.1) is 12.0 Å². The first kappa shape index (κ1) is 23.1. The van der Waals surface area contributed by atoms with E-state index in [0.717, 1.165) is 5.56 Å². The Bertz CT molecular complexity index is 834. The van der Waals surface area contributed by atoms with Crippen molar-refractivity contribution in [1.82, 2.24) is 0 Å². The number of hydrogen-bond donors (Lipinski definition) is 0. The van der Waals surface area contributed by atoms with Crippen LogP contribution in [0.2, 0.25) is 0 Å². The van der Waals surface area contributed by atoms with Gasteiger partial charge in [0.2, 0.25) is 0 Å². The Hall–Kier alpha value is -2.62. The van der Waals surface area contributed by atoms with Crippen LogP contribution in [0.15, 0.2) is 30.3 Å². The van der Waals surface area contributed by atoms with Gasteiger partial charge in [-0.05, 0) is 20.8 Å². The number of fused-ring (bicyclic) bond motifs is 1. The van der Waals surface area contributed by atoms with Gasteiger partial charge in [-0.2, -0.15) is 4.79 Å². The molecule has 3 rings (SSSR count). The molecule has 0 amide bonds. The lowest BCUT2D eigenvalue weighted by Crippen LogP contribution is -2.64. The lowest BCUT2D eigenvalue weighted by molar-refractivity contribution is -0.359. The summed E-state index contributed by atoms with van der Waals surface area (Å²) in [6, 6.07) is 9.26. The largest absolute Gasteiger partial charge is 0.455 e. The molecule has 0 spiro atoms. The van der Waals surface area contributed by atoms with Gasteiger partial charge in [-0.3, -0.25) is 4.79 Å². The number of hydrogen-bond acceptors (Lipinski definition) is 8. The van der Waals surface area contributed by atoms with Crippen LogP contribution >= 0.6 is 0 Å². The van der Waals surface area contributed by atoms with Crippen molar-refractivity contribution in [2.75, 3.05) is 13.7 Å². The van der Waals surface area contributed by atoms with E-state index in [1.807, 2.05) is 30.3 Å². The standard InChI is InChI=1S/C21H26N2O8/c1-21(2,3)20(25)31-16-15-13(11-27-18(30-15)12-8-6-5-7-9-12)28-19(26-4)17(16)29-14(24)10-23-22/h5-10,13,15-19H,11H2,1-4H3/t13-,15-,16+,17+,18-,19+/m1/s1. The Morgan fingerprint density at radius 1 is 1.13 bits per heavy atom. The average Bonchev–Trinajstić information content (AvgIpc) is 2.74. The van der Waals surface area contributed by atoms with Crippen LogP contribution in [0.3, 0.4) is 0 Å². The quantitative estimate of drug-likeness (QED) is 0.296. The van der Waals surface area contributed by atoms with Crippen molar-refractivity contribution in [3.05, 3.63) is 41.4 Å². The second-order valence-corrected chi connectivity index (χ2v) is 8.22. The van der Waals surface area contributed by atoms with E-state index in [1.165, 1.54) is 7.11 Å². The summed E-state index contributed by atoms with van der Waals surface area (Å²) in [5.74, 6) is -1.48. The number of benzene rings is 1. The molecule has 31 heavy (non-hydrogen) atoms. The highest BCUT2D eigenvalue weighted by molar-refractivity contribution is 6.20. The summed E-state index contributed by atoms with van der Waals surface area (Å²) in [6.07, 6.45) is -4.87. The first-order valence-corrected chi connectivity index (χ1v) is 9.84. The van der Waals surface area contributed by atoms with Gasteiger partial charge in [0.25, 0.3) is 0 Å². The van der Waals surface area contributed by atoms with Crippen LogP contribution in [0, 0.1) is 5.41 Å². The van der Waals surface area contributed by atoms with Gasteiger partial charge in [0.1, 0.15) is 12.2 Å². The van der Waals surface area contributed by atoms with Crippen LogP contribution in [0.1, 0.15) is 32.6 Å². The van der Waals surface area contributed by atoms with E-state index in [4.69, 9.17) is 34.0 Å². The van der Waals surface area contributed by atoms with Gasteiger partial charge in [0.15, 0.2) is 24.8 Å². The van der Waals surface area contributed by atoms with E-state index in [9.17, 15) is 9.59 Å². The van der Waals surface area contributed by atoms with Crippen LogP contribution in [-0.4, -0.2) is 67.4 Å². The highest BCUT2D eigenvalue weighted by Crippen LogP contribution is 2.37. The lowest BCUT2D eigenvalue weighted by Gasteiger charge is -2.48. The summed E-state index contributed by atoms with van der Waals surface area (Å²) in [5.41, 5.74) is 8.59. The monoisotopic (exact) mass is 434 g/mol. The van der Waals surface area contributed by atoms with Crippen LogP contribution in [0.5, 0.6) is 0 Å². The molecule has 2 heterocycles. The molecule has 6 atom stereocenters. The minimum Gasteiger partial charge on any atom is -0.455 e. The fourth-order valence-electron chi connectivity index (χ4n) is 3.29. The van der Waals surface area contributed by atoms with E-state index in [2.05, 4.69) is 4.79 Å². The minimum absolute atomic E-state index is 0.145. The summed E-state index contributed by atoms with van der Waals surface area (Å²) in [6.45, 7) is 5.26. The second-order valence-electron chi connectivity index (χ2n) is 8.22. The molecule has 2 saturated heterocycles. The van der Waals surface area contributed by atoms with Crippen LogP contribution in [-0.2, 0) is 38.0 Å². The highest BCUT2D eigenvalue weighted by atomic mass is 16.8. The molecule has 1 aromatic rings. The van der Waals surface area contributed by atoms with Crippen molar-refractivity contribution in [2.24, 2.45) is 5.41 Å². The zero-order valence-corrected chi connectivity index (χ0v) is 17.8. The molecule has 2 fully saturated rings. The number of nitrogens with zero attached hydrogens (tertiary/aromatic N) is 2. The molecule has 0 unspecified atom stereocenters. The third kappa shape index (κ3) is 5.36. The summed E-state index contributed by atoms with van der Waals surface area (Å²) >= 11 is 0. The van der Waals surface area contributed by atoms with E-state index in [0.29, 0.717) is 6.21 Å². The molecule has 0 aliphatic carbocycles. The van der Waals surface area contributed by atoms with Crippen molar-refractivity contribution >= 4 is 18.2 Å².